The molecule has 1 aromatic carbocycles. The number of rotatable bonds is 1. The molecular formula is C19H20N2O4. The van der Waals surface area contributed by atoms with E-state index in [2.05, 4.69) is 12.1 Å². The largest absolute Gasteiger partial charge is 0.493 e. The zero-order valence-corrected chi connectivity index (χ0v) is 14.0. The molecule has 1 aromatic rings. The average molecular weight is 340 g/mol. The highest BCUT2D eigenvalue weighted by atomic mass is 16.7. The summed E-state index contributed by atoms with van der Waals surface area (Å²) in [5.74, 6) is 1.26. The number of nitriles is 1. The summed E-state index contributed by atoms with van der Waals surface area (Å²) >= 11 is 0. The van der Waals surface area contributed by atoms with Crippen molar-refractivity contribution in [1.29, 1.82) is 5.26 Å². The van der Waals surface area contributed by atoms with Gasteiger partial charge in [-0.25, -0.2) is 0 Å². The number of hydrogen-bond donors (Lipinski definition) is 1. The van der Waals surface area contributed by atoms with Gasteiger partial charge in [-0.05, 0) is 18.1 Å². The van der Waals surface area contributed by atoms with Gasteiger partial charge >= 0.3 is 0 Å². The molecule has 5 atom stereocenters. The molecule has 3 heterocycles. The lowest BCUT2D eigenvalue weighted by Gasteiger charge is -2.35. The third kappa shape index (κ3) is 1.89. The second-order valence-corrected chi connectivity index (χ2v) is 7.24. The van der Waals surface area contributed by atoms with E-state index >= 15 is 0 Å². The van der Waals surface area contributed by atoms with E-state index in [1.807, 2.05) is 23.3 Å². The maximum absolute atomic E-state index is 10.1. The monoisotopic (exact) mass is 340 g/mol. The maximum atomic E-state index is 10.1. The van der Waals surface area contributed by atoms with E-state index in [1.54, 1.807) is 7.11 Å². The Hall–Kier alpha value is -2.07. The van der Waals surface area contributed by atoms with Gasteiger partial charge in [-0.3, -0.25) is 4.84 Å². The Morgan fingerprint density at radius 1 is 1.44 bits per heavy atom. The molecule has 1 saturated heterocycles. The van der Waals surface area contributed by atoms with Crippen molar-refractivity contribution in [3.05, 3.63) is 35.4 Å². The second-order valence-electron chi connectivity index (χ2n) is 7.24. The Morgan fingerprint density at radius 3 is 3.12 bits per heavy atom. The van der Waals surface area contributed by atoms with Gasteiger partial charge in [-0.1, -0.05) is 18.2 Å². The second kappa shape index (κ2) is 5.21. The minimum atomic E-state index is -0.495. The molecule has 0 amide bonds. The van der Waals surface area contributed by atoms with Crippen LogP contribution in [0.3, 0.4) is 0 Å². The Bertz CT molecular complexity index is 801. The molecule has 25 heavy (non-hydrogen) atoms. The van der Waals surface area contributed by atoms with Crippen LogP contribution in [0.5, 0.6) is 11.5 Å². The molecule has 0 radical (unpaired) electrons. The molecule has 0 bridgehead atoms. The smallest absolute Gasteiger partial charge is 0.166 e. The summed E-state index contributed by atoms with van der Waals surface area (Å²) in [6, 6.07) is 6.26. The number of methoxy groups -OCH3 is 1. The summed E-state index contributed by atoms with van der Waals surface area (Å²) < 4.78 is 11.9. The predicted octanol–water partition coefficient (Wildman–Crippen LogP) is 1.85. The van der Waals surface area contributed by atoms with E-state index in [4.69, 9.17) is 14.3 Å². The van der Waals surface area contributed by atoms with Crippen LogP contribution in [0, 0.1) is 17.2 Å². The van der Waals surface area contributed by atoms with Gasteiger partial charge in [0.1, 0.15) is 6.10 Å². The molecule has 0 aromatic heterocycles. The van der Waals surface area contributed by atoms with Crippen LogP contribution in [0.15, 0.2) is 24.3 Å². The number of benzene rings is 1. The molecule has 1 N–H and O–H groups in total. The molecule has 3 aliphatic heterocycles. The predicted molar refractivity (Wildman–Crippen MR) is 88.0 cm³/mol. The van der Waals surface area contributed by atoms with Gasteiger partial charge in [-0.2, -0.15) is 10.3 Å². The number of aliphatic hydroxyl groups excluding tert-OH is 1. The van der Waals surface area contributed by atoms with E-state index < -0.39 is 6.10 Å². The van der Waals surface area contributed by atoms with Crippen molar-refractivity contribution in [3.63, 3.8) is 0 Å². The van der Waals surface area contributed by atoms with Crippen LogP contribution < -0.4 is 9.47 Å². The van der Waals surface area contributed by atoms with Gasteiger partial charge in [0.25, 0.3) is 0 Å². The lowest BCUT2D eigenvalue weighted by atomic mass is 9.68. The zero-order chi connectivity index (χ0) is 17.2. The SMILES string of the molecule is COc1ccc2c3c1O[C@H]1C[C@@H](O)C=C[C@@]31CCN1OCC(C#N)C21. The molecule has 6 heteroatoms. The van der Waals surface area contributed by atoms with Gasteiger partial charge < -0.3 is 14.6 Å². The van der Waals surface area contributed by atoms with Crippen LogP contribution in [-0.2, 0) is 10.3 Å². The Kier molecular flexibility index (Phi) is 3.17. The van der Waals surface area contributed by atoms with Crippen molar-refractivity contribution in [2.75, 3.05) is 20.3 Å². The summed E-state index contributed by atoms with van der Waals surface area (Å²) in [7, 11) is 1.64. The first-order valence-corrected chi connectivity index (χ1v) is 8.72. The van der Waals surface area contributed by atoms with Crippen LogP contribution >= 0.6 is 0 Å². The Morgan fingerprint density at radius 2 is 2.32 bits per heavy atom. The zero-order valence-electron chi connectivity index (χ0n) is 14.0. The average Bonchev–Trinajstić information content (AvgIpc) is 3.14. The topological polar surface area (TPSA) is 74.9 Å². The lowest BCUT2D eigenvalue weighted by Crippen LogP contribution is -2.42. The Labute approximate surface area is 146 Å². The molecule has 0 saturated carbocycles. The van der Waals surface area contributed by atoms with Crippen molar-refractivity contribution < 1.29 is 19.4 Å². The fourth-order valence-electron chi connectivity index (χ4n) is 4.92. The molecule has 1 fully saturated rings. The number of fused-ring (bicyclic) bond motifs is 2. The highest BCUT2D eigenvalue weighted by Gasteiger charge is 2.56. The quantitative estimate of drug-likeness (QED) is 0.787. The van der Waals surface area contributed by atoms with Crippen molar-refractivity contribution in [3.8, 4) is 17.6 Å². The molecule has 2 unspecified atom stereocenters. The standard InChI is InChI=1S/C19H20N2O4/c1-23-14-3-2-13-16-18(14)25-15-8-12(22)4-5-19(15,16)6-7-21-17(13)11(9-20)10-24-21/h2-5,11-12,15,17,22H,6-8,10H2,1H3/t11?,12-,15-,17?,19-/m0/s1. The van der Waals surface area contributed by atoms with Gasteiger partial charge in [-0.15, -0.1) is 0 Å². The van der Waals surface area contributed by atoms with E-state index in [1.165, 1.54) is 0 Å². The van der Waals surface area contributed by atoms with Gasteiger partial charge in [0.2, 0.25) is 0 Å². The highest BCUT2D eigenvalue weighted by molar-refractivity contribution is 5.62. The van der Waals surface area contributed by atoms with E-state index in [0.29, 0.717) is 18.8 Å². The van der Waals surface area contributed by atoms with E-state index in [0.717, 1.165) is 29.8 Å². The third-order valence-corrected chi connectivity index (χ3v) is 6.09. The van der Waals surface area contributed by atoms with E-state index in [-0.39, 0.29) is 23.5 Å². The molecule has 1 aliphatic carbocycles. The number of hydrogen-bond acceptors (Lipinski definition) is 6. The van der Waals surface area contributed by atoms with Crippen molar-refractivity contribution in [1.82, 2.24) is 5.06 Å². The van der Waals surface area contributed by atoms with E-state index in [9.17, 15) is 10.4 Å². The van der Waals surface area contributed by atoms with Crippen molar-refractivity contribution in [2.24, 2.45) is 5.92 Å². The molecule has 5 rings (SSSR count). The van der Waals surface area contributed by atoms with Crippen LogP contribution in [0.4, 0.5) is 0 Å². The summed E-state index contributed by atoms with van der Waals surface area (Å²) in [6.45, 7) is 1.15. The lowest BCUT2D eigenvalue weighted by molar-refractivity contribution is -0.134. The van der Waals surface area contributed by atoms with Crippen LogP contribution in [0.25, 0.3) is 0 Å². The highest BCUT2D eigenvalue weighted by Crippen LogP contribution is 2.58. The minimum absolute atomic E-state index is 0.0911. The number of aliphatic hydroxyl groups is 1. The number of nitrogens with zero attached hydrogens (tertiary/aromatic N) is 2. The number of ether oxygens (including phenoxy) is 2. The fourth-order valence-corrected chi connectivity index (χ4v) is 4.92. The Balaban J connectivity index is 1.77. The minimum Gasteiger partial charge on any atom is -0.493 e. The first-order valence-electron chi connectivity index (χ1n) is 8.72. The van der Waals surface area contributed by atoms with Crippen LogP contribution in [-0.4, -0.2) is 42.6 Å². The maximum Gasteiger partial charge on any atom is 0.166 e. The first kappa shape index (κ1) is 15.2. The summed E-state index contributed by atoms with van der Waals surface area (Å²) in [5.41, 5.74) is 1.89. The summed E-state index contributed by atoms with van der Waals surface area (Å²) in [4.78, 5) is 5.83. The van der Waals surface area contributed by atoms with Gasteiger partial charge in [0.05, 0.1) is 43.3 Å². The molecule has 130 valence electrons. The first-order chi connectivity index (χ1) is 12.2. The summed E-state index contributed by atoms with van der Waals surface area (Å²) in [6.07, 6.45) is 4.73. The molecule has 4 aliphatic rings. The summed E-state index contributed by atoms with van der Waals surface area (Å²) in [5, 5.41) is 21.6. The molecule has 6 nitrogen and oxygen atoms in total. The van der Waals surface area contributed by atoms with Gasteiger partial charge in [0.15, 0.2) is 11.5 Å². The van der Waals surface area contributed by atoms with Crippen LogP contribution in [0.1, 0.15) is 30.0 Å². The fraction of sp³-hybridized carbons (Fsp3) is 0.526. The third-order valence-electron chi connectivity index (χ3n) is 6.09. The van der Waals surface area contributed by atoms with Crippen molar-refractivity contribution in [2.45, 2.75) is 36.5 Å². The van der Waals surface area contributed by atoms with Crippen molar-refractivity contribution >= 4 is 0 Å². The molecular weight excluding hydrogens is 320 g/mol. The normalized spacial score (nSPS) is 38.1. The van der Waals surface area contributed by atoms with Crippen LogP contribution in [0.2, 0.25) is 0 Å². The van der Waals surface area contributed by atoms with Gasteiger partial charge in [0, 0.05) is 18.5 Å². The molecule has 1 spiro atoms. The number of hydroxylamine groups is 2.